The van der Waals surface area contributed by atoms with Crippen molar-refractivity contribution in [3.63, 3.8) is 0 Å². The smallest absolute Gasteiger partial charge is 0.0615 e. The van der Waals surface area contributed by atoms with E-state index in [1.165, 1.54) is 0 Å². The second-order valence-electron chi connectivity index (χ2n) is 3.50. The van der Waals surface area contributed by atoms with Gasteiger partial charge in [-0.2, -0.15) is 0 Å². The normalized spacial score (nSPS) is 13.9. The van der Waals surface area contributed by atoms with E-state index >= 15 is 0 Å². The summed E-state index contributed by atoms with van der Waals surface area (Å²) in [5.41, 5.74) is 5.39. The number of rotatable bonds is 9. The number of methoxy groups -OCH3 is 2. The van der Waals surface area contributed by atoms with Crippen LogP contribution < -0.4 is 5.73 Å². The van der Waals surface area contributed by atoms with Gasteiger partial charge in [0.15, 0.2) is 0 Å². The molecule has 0 rings (SSSR count). The predicted octanol–water partition coefficient (Wildman–Crippen LogP) is 0.485. The first-order chi connectivity index (χ1) is 7.26. The molecule has 0 saturated heterocycles. The van der Waals surface area contributed by atoms with Gasteiger partial charge in [0.05, 0.1) is 13.2 Å². The van der Waals surface area contributed by atoms with E-state index < -0.39 is 0 Å². The summed E-state index contributed by atoms with van der Waals surface area (Å²) in [5, 5.41) is 0. The molecule has 0 amide bonds. The van der Waals surface area contributed by atoms with Gasteiger partial charge < -0.3 is 15.2 Å². The molecule has 0 aliphatic rings. The van der Waals surface area contributed by atoms with Gasteiger partial charge in [-0.3, -0.25) is 4.90 Å². The van der Waals surface area contributed by atoms with Crippen molar-refractivity contribution in [3.8, 4) is 0 Å². The van der Waals surface area contributed by atoms with Gasteiger partial charge in [0.25, 0.3) is 0 Å². The molecule has 0 aromatic heterocycles. The van der Waals surface area contributed by atoms with Crippen LogP contribution >= 0.6 is 0 Å². The van der Waals surface area contributed by atoms with Crippen molar-refractivity contribution in [2.24, 2.45) is 5.73 Å². The fourth-order valence-corrected chi connectivity index (χ4v) is 1.35. The third-order valence-corrected chi connectivity index (χ3v) is 2.26. The predicted molar refractivity (Wildman–Crippen MR) is 63.0 cm³/mol. The van der Waals surface area contributed by atoms with Gasteiger partial charge in [0.2, 0.25) is 0 Å². The highest BCUT2D eigenvalue weighted by atomic mass is 16.5. The van der Waals surface area contributed by atoms with Gasteiger partial charge in [0.1, 0.15) is 0 Å². The van der Waals surface area contributed by atoms with Crippen LogP contribution in [0.15, 0.2) is 12.2 Å². The zero-order chi connectivity index (χ0) is 11.5. The van der Waals surface area contributed by atoms with E-state index in [1.54, 1.807) is 14.2 Å². The average Bonchev–Trinajstić information content (AvgIpc) is 2.23. The molecule has 0 spiro atoms. The molecule has 4 nitrogen and oxygen atoms in total. The minimum absolute atomic E-state index is 0.396. The first-order valence-electron chi connectivity index (χ1n) is 5.33. The first kappa shape index (κ1) is 14.6. The van der Waals surface area contributed by atoms with E-state index in [9.17, 15) is 0 Å². The molecule has 0 aliphatic carbocycles. The monoisotopic (exact) mass is 216 g/mol. The lowest BCUT2D eigenvalue weighted by Gasteiger charge is -2.27. The minimum atomic E-state index is 0.396. The summed E-state index contributed by atoms with van der Waals surface area (Å²) >= 11 is 0. The van der Waals surface area contributed by atoms with Crippen LogP contribution in [-0.2, 0) is 9.47 Å². The molecule has 0 aliphatic heterocycles. The summed E-state index contributed by atoms with van der Waals surface area (Å²) in [5.74, 6) is 0. The quantitative estimate of drug-likeness (QED) is 0.570. The molecule has 0 heterocycles. The van der Waals surface area contributed by atoms with Crippen LogP contribution in [0.4, 0.5) is 0 Å². The van der Waals surface area contributed by atoms with Crippen LogP contribution in [0.1, 0.15) is 6.92 Å². The Kier molecular flexibility index (Phi) is 9.83. The Morgan fingerprint density at radius 2 is 2.00 bits per heavy atom. The molecule has 0 bridgehead atoms. The van der Waals surface area contributed by atoms with Crippen molar-refractivity contribution in [3.05, 3.63) is 12.2 Å². The van der Waals surface area contributed by atoms with E-state index in [-0.39, 0.29) is 0 Å². The number of ether oxygens (including phenoxy) is 2. The van der Waals surface area contributed by atoms with E-state index in [1.807, 2.05) is 6.08 Å². The second-order valence-corrected chi connectivity index (χ2v) is 3.50. The maximum absolute atomic E-state index is 5.39. The lowest BCUT2D eigenvalue weighted by atomic mass is 10.3. The third-order valence-electron chi connectivity index (χ3n) is 2.26. The van der Waals surface area contributed by atoms with Crippen LogP contribution in [0.25, 0.3) is 0 Å². The van der Waals surface area contributed by atoms with Gasteiger partial charge in [-0.05, 0) is 6.92 Å². The molecule has 0 saturated carbocycles. The fraction of sp³-hybridized carbons (Fsp3) is 0.818. The molecular formula is C11H24N2O2. The van der Waals surface area contributed by atoms with E-state index in [2.05, 4.69) is 17.9 Å². The largest absolute Gasteiger partial charge is 0.383 e. The van der Waals surface area contributed by atoms with Crippen molar-refractivity contribution in [1.29, 1.82) is 0 Å². The van der Waals surface area contributed by atoms with Gasteiger partial charge in [-0.15, -0.1) is 0 Å². The Hall–Kier alpha value is -0.420. The van der Waals surface area contributed by atoms with Gasteiger partial charge >= 0.3 is 0 Å². The molecule has 0 aromatic carbocycles. The first-order valence-corrected chi connectivity index (χ1v) is 5.33. The van der Waals surface area contributed by atoms with Gasteiger partial charge in [-0.1, -0.05) is 12.2 Å². The second kappa shape index (κ2) is 10.1. The summed E-state index contributed by atoms with van der Waals surface area (Å²) < 4.78 is 10.2. The zero-order valence-corrected chi connectivity index (χ0v) is 10.1. The SMILES string of the molecule is COCCN(CC=CCN)C(C)COC. The summed E-state index contributed by atoms with van der Waals surface area (Å²) in [6.07, 6.45) is 4.06. The van der Waals surface area contributed by atoms with Crippen LogP contribution in [0.3, 0.4) is 0 Å². The maximum atomic E-state index is 5.39. The fourth-order valence-electron chi connectivity index (χ4n) is 1.35. The number of hydrogen-bond donors (Lipinski definition) is 1. The average molecular weight is 216 g/mol. The molecule has 1 unspecified atom stereocenters. The van der Waals surface area contributed by atoms with Crippen LogP contribution in [0.5, 0.6) is 0 Å². The molecule has 1 atom stereocenters. The summed E-state index contributed by atoms with van der Waals surface area (Å²) in [6.45, 7) is 6.03. The Morgan fingerprint density at radius 3 is 2.53 bits per heavy atom. The van der Waals surface area contributed by atoms with Crippen LogP contribution in [0, 0.1) is 0 Å². The highest BCUT2D eigenvalue weighted by Crippen LogP contribution is 1.99. The van der Waals surface area contributed by atoms with Crippen molar-refractivity contribution in [2.75, 3.05) is 47.1 Å². The summed E-state index contributed by atoms with van der Waals surface area (Å²) in [6, 6.07) is 0.396. The lowest BCUT2D eigenvalue weighted by molar-refractivity contribution is 0.0825. The molecule has 0 aromatic rings. The standard InChI is InChI=1S/C11H24N2O2/c1-11(10-15-3)13(8-9-14-2)7-5-4-6-12/h4-5,11H,6-10,12H2,1-3H3. The molecule has 0 radical (unpaired) electrons. The summed E-state index contributed by atoms with van der Waals surface area (Å²) in [4.78, 5) is 2.30. The Balaban J connectivity index is 3.98. The van der Waals surface area contributed by atoms with E-state index in [0.29, 0.717) is 12.6 Å². The van der Waals surface area contributed by atoms with Gasteiger partial charge in [0, 0.05) is 39.9 Å². The van der Waals surface area contributed by atoms with E-state index in [0.717, 1.165) is 26.3 Å². The molecule has 4 heteroatoms. The molecule has 0 fully saturated rings. The maximum Gasteiger partial charge on any atom is 0.0615 e. The Bertz CT molecular complexity index is 163. The van der Waals surface area contributed by atoms with Crippen molar-refractivity contribution >= 4 is 0 Å². The van der Waals surface area contributed by atoms with Crippen LogP contribution in [0.2, 0.25) is 0 Å². The Labute approximate surface area is 93.0 Å². The number of nitrogens with zero attached hydrogens (tertiary/aromatic N) is 1. The minimum Gasteiger partial charge on any atom is -0.383 e. The zero-order valence-electron chi connectivity index (χ0n) is 10.1. The molecular weight excluding hydrogens is 192 g/mol. The molecule has 90 valence electrons. The van der Waals surface area contributed by atoms with Crippen molar-refractivity contribution in [2.45, 2.75) is 13.0 Å². The van der Waals surface area contributed by atoms with Crippen molar-refractivity contribution < 1.29 is 9.47 Å². The molecule has 15 heavy (non-hydrogen) atoms. The topological polar surface area (TPSA) is 47.7 Å². The highest BCUT2D eigenvalue weighted by molar-refractivity contribution is 4.87. The van der Waals surface area contributed by atoms with E-state index in [4.69, 9.17) is 15.2 Å². The van der Waals surface area contributed by atoms with Gasteiger partial charge in [-0.25, -0.2) is 0 Å². The van der Waals surface area contributed by atoms with Crippen LogP contribution in [-0.4, -0.2) is 58.0 Å². The highest BCUT2D eigenvalue weighted by Gasteiger charge is 2.11. The van der Waals surface area contributed by atoms with Crippen molar-refractivity contribution in [1.82, 2.24) is 4.90 Å². The number of nitrogens with two attached hydrogens (primary N) is 1. The lowest BCUT2D eigenvalue weighted by Crippen LogP contribution is -2.38. The third kappa shape index (κ3) is 7.50. The molecule has 2 N–H and O–H groups in total. The Morgan fingerprint density at radius 1 is 1.27 bits per heavy atom. The summed E-state index contributed by atoms with van der Waals surface area (Å²) in [7, 11) is 3.44. The number of hydrogen-bond acceptors (Lipinski definition) is 4.